The van der Waals surface area contributed by atoms with Crippen LogP contribution in [0, 0.1) is 0 Å². The van der Waals surface area contributed by atoms with Crippen molar-refractivity contribution in [3.63, 3.8) is 0 Å². The first kappa shape index (κ1) is 11.9. The molecule has 1 aliphatic carbocycles. The molecule has 2 aliphatic rings. The molecule has 1 atom stereocenters. The largest absolute Gasteiger partial charge is 0.452 e. The first-order valence-corrected chi connectivity index (χ1v) is 5.49. The van der Waals surface area contributed by atoms with Gasteiger partial charge in [-0.3, -0.25) is 9.69 Å². The Kier molecular flexibility index (Phi) is 3.02. The molecular formula is C12H15NO4. The van der Waals surface area contributed by atoms with Crippen LogP contribution in [0.15, 0.2) is 23.9 Å². The molecular weight excluding hydrogens is 222 g/mol. The number of amides is 1. The lowest BCUT2D eigenvalue weighted by atomic mass is 9.84. The number of ether oxygens (including phenoxy) is 2. The van der Waals surface area contributed by atoms with Crippen LogP contribution < -0.4 is 0 Å². The molecule has 1 aliphatic heterocycles. The number of methoxy groups -OCH3 is 2. The lowest BCUT2D eigenvalue weighted by molar-refractivity contribution is -0.111. The summed E-state index contributed by atoms with van der Waals surface area (Å²) in [5.41, 5.74) is -0.0917. The monoisotopic (exact) mass is 237 g/mol. The fourth-order valence-corrected chi connectivity index (χ4v) is 2.32. The molecule has 5 heteroatoms. The lowest BCUT2D eigenvalue weighted by Crippen LogP contribution is -2.49. The van der Waals surface area contributed by atoms with Crippen LogP contribution in [0.25, 0.3) is 0 Å². The molecule has 1 heterocycles. The minimum atomic E-state index is -0.666. The summed E-state index contributed by atoms with van der Waals surface area (Å²) in [5, 5.41) is 0. The molecule has 0 spiro atoms. The molecule has 0 N–H and O–H groups in total. The number of carbonyl (C=O) groups is 2. The van der Waals surface area contributed by atoms with Gasteiger partial charge in [-0.1, -0.05) is 0 Å². The Morgan fingerprint density at radius 2 is 2.24 bits per heavy atom. The summed E-state index contributed by atoms with van der Waals surface area (Å²) in [6.07, 6.45) is 5.75. The first-order valence-electron chi connectivity index (χ1n) is 5.49. The molecule has 1 fully saturated rings. The number of hydrogen-bond acceptors (Lipinski definition) is 4. The maximum Gasteiger partial charge on any atom is 0.413 e. The van der Waals surface area contributed by atoms with E-state index in [1.807, 2.05) is 0 Å². The number of piperidine rings is 1. The normalized spacial score (nSPS) is 27.5. The zero-order chi connectivity index (χ0) is 12.5. The van der Waals surface area contributed by atoms with Crippen LogP contribution in [-0.4, -0.2) is 43.1 Å². The molecule has 1 amide bonds. The molecule has 0 aromatic carbocycles. The minimum Gasteiger partial charge on any atom is -0.452 e. The van der Waals surface area contributed by atoms with Crippen LogP contribution in [0.3, 0.4) is 0 Å². The van der Waals surface area contributed by atoms with Crippen molar-refractivity contribution >= 4 is 11.9 Å². The van der Waals surface area contributed by atoms with E-state index < -0.39 is 11.7 Å². The van der Waals surface area contributed by atoms with Crippen LogP contribution >= 0.6 is 0 Å². The van der Waals surface area contributed by atoms with Gasteiger partial charge in [0.1, 0.15) is 5.60 Å². The van der Waals surface area contributed by atoms with Gasteiger partial charge in [-0.25, -0.2) is 4.79 Å². The van der Waals surface area contributed by atoms with Crippen molar-refractivity contribution in [2.45, 2.75) is 18.4 Å². The van der Waals surface area contributed by atoms with E-state index in [9.17, 15) is 9.59 Å². The van der Waals surface area contributed by atoms with Gasteiger partial charge in [0.2, 0.25) is 0 Å². The number of allylic oxidation sites excluding steroid dienone is 2. The summed E-state index contributed by atoms with van der Waals surface area (Å²) in [4.78, 5) is 24.6. The SMILES string of the molecule is COC(=O)N1CCCC2(OC)C=CC(=O)C=C12. The highest BCUT2D eigenvalue weighted by Crippen LogP contribution is 2.37. The van der Waals surface area contributed by atoms with Crippen molar-refractivity contribution in [1.29, 1.82) is 0 Å². The minimum absolute atomic E-state index is 0.136. The Labute approximate surface area is 99.7 Å². The maximum absolute atomic E-state index is 11.7. The van der Waals surface area contributed by atoms with Crippen LogP contribution in [0.1, 0.15) is 12.8 Å². The maximum atomic E-state index is 11.7. The predicted molar refractivity (Wildman–Crippen MR) is 60.3 cm³/mol. The second-order valence-electron chi connectivity index (χ2n) is 4.08. The van der Waals surface area contributed by atoms with Gasteiger partial charge in [-0.05, 0) is 25.0 Å². The molecule has 0 bridgehead atoms. The molecule has 92 valence electrons. The highest BCUT2D eigenvalue weighted by Gasteiger charge is 2.42. The average molecular weight is 237 g/mol. The van der Waals surface area contributed by atoms with Gasteiger partial charge >= 0.3 is 6.09 Å². The number of nitrogens with zero attached hydrogens (tertiary/aromatic N) is 1. The third kappa shape index (κ3) is 1.86. The number of fused-ring (bicyclic) bond motifs is 1. The molecule has 1 saturated heterocycles. The van der Waals surface area contributed by atoms with E-state index in [2.05, 4.69) is 0 Å². The molecule has 5 nitrogen and oxygen atoms in total. The van der Waals surface area contributed by atoms with E-state index in [0.717, 1.165) is 12.8 Å². The number of hydrogen-bond donors (Lipinski definition) is 0. The third-order valence-electron chi connectivity index (χ3n) is 3.21. The summed E-state index contributed by atoms with van der Waals surface area (Å²) < 4.78 is 10.2. The molecule has 0 saturated carbocycles. The van der Waals surface area contributed by atoms with Crippen molar-refractivity contribution < 1.29 is 19.1 Å². The van der Waals surface area contributed by atoms with Crippen molar-refractivity contribution in [3.05, 3.63) is 23.9 Å². The number of carbonyl (C=O) groups excluding carboxylic acids is 2. The highest BCUT2D eigenvalue weighted by molar-refractivity contribution is 6.01. The summed E-state index contributed by atoms with van der Waals surface area (Å²) in [6.45, 7) is 0.546. The Morgan fingerprint density at radius 1 is 1.47 bits per heavy atom. The Hall–Kier alpha value is -1.62. The standard InChI is InChI=1S/C12H15NO4/c1-16-11(15)13-7-3-5-12(17-2)6-4-9(14)8-10(12)13/h4,6,8H,3,5,7H2,1-2H3. The predicted octanol–water partition coefficient (Wildman–Crippen LogP) is 1.26. The quantitative estimate of drug-likeness (QED) is 0.689. The van der Waals surface area contributed by atoms with Gasteiger partial charge in [0.15, 0.2) is 5.78 Å². The third-order valence-corrected chi connectivity index (χ3v) is 3.21. The molecule has 0 aromatic rings. The van der Waals surface area contributed by atoms with Crippen molar-refractivity contribution in [3.8, 4) is 0 Å². The molecule has 0 aromatic heterocycles. The smallest absolute Gasteiger partial charge is 0.413 e. The number of likely N-dealkylation sites (tertiary alicyclic amines) is 1. The van der Waals surface area contributed by atoms with E-state index in [4.69, 9.17) is 9.47 Å². The van der Waals surface area contributed by atoms with Crippen molar-refractivity contribution in [1.82, 2.24) is 4.90 Å². The fourth-order valence-electron chi connectivity index (χ4n) is 2.32. The van der Waals surface area contributed by atoms with Gasteiger partial charge in [0.05, 0.1) is 12.8 Å². The Balaban J connectivity index is 2.40. The van der Waals surface area contributed by atoms with Crippen molar-refractivity contribution in [2.24, 2.45) is 0 Å². The van der Waals surface area contributed by atoms with Gasteiger partial charge in [-0.15, -0.1) is 0 Å². The second-order valence-corrected chi connectivity index (χ2v) is 4.08. The van der Waals surface area contributed by atoms with Gasteiger partial charge < -0.3 is 9.47 Å². The summed E-state index contributed by atoms with van der Waals surface area (Å²) in [7, 11) is 2.90. The molecule has 0 radical (unpaired) electrons. The van der Waals surface area contributed by atoms with E-state index in [1.54, 1.807) is 13.2 Å². The molecule has 17 heavy (non-hydrogen) atoms. The van der Waals surface area contributed by atoms with Gasteiger partial charge in [-0.2, -0.15) is 0 Å². The van der Waals surface area contributed by atoms with E-state index in [-0.39, 0.29) is 5.78 Å². The summed E-state index contributed by atoms with van der Waals surface area (Å²) in [6, 6.07) is 0. The topological polar surface area (TPSA) is 55.8 Å². The van der Waals surface area contributed by atoms with Crippen LogP contribution in [0.5, 0.6) is 0 Å². The van der Waals surface area contributed by atoms with E-state index in [1.165, 1.54) is 24.2 Å². The van der Waals surface area contributed by atoms with Crippen LogP contribution in [0.2, 0.25) is 0 Å². The van der Waals surface area contributed by atoms with Gasteiger partial charge in [0.25, 0.3) is 0 Å². The molecule has 1 unspecified atom stereocenters. The summed E-state index contributed by atoms with van der Waals surface area (Å²) in [5.74, 6) is -0.136. The summed E-state index contributed by atoms with van der Waals surface area (Å²) >= 11 is 0. The van der Waals surface area contributed by atoms with Gasteiger partial charge in [0, 0.05) is 19.7 Å². The lowest BCUT2D eigenvalue weighted by Gasteiger charge is -2.42. The molecule has 2 rings (SSSR count). The Bertz CT molecular complexity index is 413. The van der Waals surface area contributed by atoms with Crippen molar-refractivity contribution in [2.75, 3.05) is 20.8 Å². The second kappa shape index (κ2) is 4.33. The average Bonchev–Trinajstić information content (AvgIpc) is 2.37. The Morgan fingerprint density at radius 3 is 2.88 bits per heavy atom. The zero-order valence-corrected chi connectivity index (χ0v) is 9.93. The number of ketones is 1. The number of rotatable bonds is 1. The van der Waals surface area contributed by atoms with E-state index >= 15 is 0 Å². The van der Waals surface area contributed by atoms with Crippen LogP contribution in [0.4, 0.5) is 4.79 Å². The first-order chi connectivity index (χ1) is 8.13. The highest BCUT2D eigenvalue weighted by atomic mass is 16.5. The zero-order valence-electron chi connectivity index (χ0n) is 9.93. The van der Waals surface area contributed by atoms with Crippen LogP contribution in [-0.2, 0) is 14.3 Å². The fraction of sp³-hybridized carbons (Fsp3) is 0.500. The van der Waals surface area contributed by atoms with E-state index in [0.29, 0.717) is 12.2 Å².